The fourth-order valence-electron chi connectivity index (χ4n) is 3.06. The van der Waals surface area contributed by atoms with Gasteiger partial charge in [-0.2, -0.15) is 0 Å². The minimum atomic E-state index is -1.49. The van der Waals surface area contributed by atoms with Gasteiger partial charge in [-0.1, -0.05) is 6.07 Å². The number of urea groups is 1. The number of nitrogens with one attached hydrogen (secondary N) is 3. The van der Waals surface area contributed by atoms with Crippen LogP contribution < -0.4 is 15.4 Å². The molecule has 2 heterocycles. The first-order valence-electron chi connectivity index (χ1n) is 8.91. The fraction of sp³-hybridized carbons (Fsp3) is 0.316. The van der Waals surface area contributed by atoms with Crippen LogP contribution in [0.4, 0.5) is 19.4 Å². The van der Waals surface area contributed by atoms with E-state index < -0.39 is 35.9 Å². The predicted octanol–water partition coefficient (Wildman–Crippen LogP) is 2.37. The summed E-state index contributed by atoms with van der Waals surface area (Å²) in [6, 6.07) is 2.77. The van der Waals surface area contributed by atoms with E-state index in [0.29, 0.717) is 10.9 Å². The predicted molar refractivity (Wildman–Crippen MR) is 104 cm³/mol. The minimum Gasteiger partial charge on any atom is -0.479 e. The summed E-state index contributed by atoms with van der Waals surface area (Å²) in [4.78, 5) is 16.7. The van der Waals surface area contributed by atoms with Crippen LogP contribution in [-0.2, 0) is 6.61 Å². The number of pyridine rings is 1. The van der Waals surface area contributed by atoms with Gasteiger partial charge in [0.05, 0.1) is 42.0 Å². The summed E-state index contributed by atoms with van der Waals surface area (Å²) >= 11 is 0. The number of halogens is 2. The number of aliphatic hydroxyl groups excluding tert-OH is 1. The van der Waals surface area contributed by atoms with Gasteiger partial charge in [-0.05, 0) is 31.5 Å². The third-order valence-electron chi connectivity index (χ3n) is 4.43. The molecule has 0 aliphatic heterocycles. The highest BCUT2D eigenvalue weighted by atomic mass is 19.2. The number of rotatable bonds is 6. The zero-order valence-corrected chi connectivity index (χ0v) is 16.5. The van der Waals surface area contributed by atoms with Gasteiger partial charge in [0.25, 0.3) is 0 Å². The first kappa shape index (κ1) is 21.4. The molecule has 9 nitrogen and oxygen atoms in total. The average Bonchev–Trinajstić information content (AvgIpc) is 3.10. The Morgan fingerprint density at radius 2 is 2.03 bits per heavy atom. The Bertz CT molecular complexity index is 1080. The van der Waals surface area contributed by atoms with Crippen LogP contribution in [-0.4, -0.2) is 44.1 Å². The Kier molecular flexibility index (Phi) is 5.85. The van der Waals surface area contributed by atoms with Gasteiger partial charge in [-0.3, -0.25) is 10.4 Å². The summed E-state index contributed by atoms with van der Waals surface area (Å²) in [6.07, 6.45) is 0. The Morgan fingerprint density at radius 1 is 1.30 bits per heavy atom. The number of H-pyrrole nitrogens is 1. The van der Waals surface area contributed by atoms with Crippen LogP contribution in [0.2, 0.25) is 0 Å². The third-order valence-corrected chi connectivity index (χ3v) is 4.43. The zero-order valence-electron chi connectivity index (χ0n) is 16.5. The summed E-state index contributed by atoms with van der Waals surface area (Å²) in [5.74, 6) is -1.80. The molecule has 1 unspecified atom stereocenters. The molecule has 0 aliphatic rings. The number of aromatic nitrogens is 3. The second-order valence-corrected chi connectivity index (χ2v) is 7.13. The third kappa shape index (κ3) is 4.31. The molecule has 3 aromatic rings. The molecule has 0 saturated heterocycles. The van der Waals surface area contributed by atoms with Crippen molar-refractivity contribution in [1.29, 1.82) is 0 Å². The normalized spacial score (nSPS) is 12.6. The quantitative estimate of drug-likeness (QED) is 0.415. The van der Waals surface area contributed by atoms with E-state index in [4.69, 9.17) is 4.74 Å². The Morgan fingerprint density at radius 3 is 2.63 bits per heavy atom. The van der Waals surface area contributed by atoms with E-state index in [1.807, 2.05) is 0 Å². The number of aliphatic hydroxyl groups is 2. The van der Waals surface area contributed by atoms with Crippen LogP contribution in [0, 0.1) is 11.6 Å². The van der Waals surface area contributed by atoms with E-state index in [9.17, 15) is 23.8 Å². The number of nitrogens with zero attached hydrogens (tertiary/aromatic N) is 2. The van der Waals surface area contributed by atoms with Crippen molar-refractivity contribution < 1.29 is 28.5 Å². The van der Waals surface area contributed by atoms with Crippen molar-refractivity contribution in [2.45, 2.75) is 32.1 Å². The highest BCUT2D eigenvalue weighted by Gasteiger charge is 2.31. The molecule has 5 N–H and O–H groups in total. The molecule has 0 aliphatic carbocycles. The summed E-state index contributed by atoms with van der Waals surface area (Å²) in [7, 11) is 1.42. The highest BCUT2D eigenvalue weighted by molar-refractivity contribution is 5.93. The van der Waals surface area contributed by atoms with Gasteiger partial charge in [0, 0.05) is 6.07 Å². The molecule has 11 heteroatoms. The molecule has 160 valence electrons. The summed E-state index contributed by atoms with van der Waals surface area (Å²) in [5, 5.41) is 32.2. The van der Waals surface area contributed by atoms with E-state index in [2.05, 4.69) is 25.8 Å². The molecule has 30 heavy (non-hydrogen) atoms. The average molecular weight is 421 g/mol. The molecule has 0 fully saturated rings. The van der Waals surface area contributed by atoms with Gasteiger partial charge in [0.15, 0.2) is 11.6 Å². The number of methoxy groups -OCH3 is 1. The van der Waals surface area contributed by atoms with Crippen molar-refractivity contribution in [3.05, 3.63) is 47.2 Å². The lowest BCUT2D eigenvalue weighted by atomic mass is 9.92. The number of anilines is 1. The maximum atomic E-state index is 13.6. The lowest BCUT2D eigenvalue weighted by Gasteiger charge is -2.30. The lowest BCUT2D eigenvalue weighted by molar-refractivity contribution is 0.0414. The van der Waals surface area contributed by atoms with E-state index in [1.165, 1.54) is 33.1 Å². The van der Waals surface area contributed by atoms with Crippen molar-refractivity contribution in [1.82, 2.24) is 20.5 Å². The molecule has 2 amide bonds. The first-order valence-corrected chi connectivity index (χ1v) is 8.91. The minimum absolute atomic E-state index is 0.0927. The molecule has 1 atom stereocenters. The van der Waals surface area contributed by atoms with E-state index in [0.717, 1.165) is 12.1 Å². The molecule has 1 aromatic carbocycles. The number of fused-ring (bicyclic) bond motifs is 1. The summed E-state index contributed by atoms with van der Waals surface area (Å²) in [6.45, 7) is 2.42. The molecule has 0 bridgehead atoms. The molecule has 2 aromatic heterocycles. The van der Waals surface area contributed by atoms with Crippen LogP contribution in [0.3, 0.4) is 0 Å². The van der Waals surface area contributed by atoms with Crippen LogP contribution in [0.25, 0.3) is 10.9 Å². The van der Waals surface area contributed by atoms with Gasteiger partial charge in [0.2, 0.25) is 5.88 Å². The van der Waals surface area contributed by atoms with E-state index >= 15 is 0 Å². The number of hydrogen-bond acceptors (Lipinski definition) is 6. The number of benzene rings is 1. The zero-order chi connectivity index (χ0) is 22.1. The molecular weight excluding hydrogens is 400 g/mol. The second kappa shape index (κ2) is 8.20. The number of ether oxygens (including phenoxy) is 1. The fourth-order valence-corrected chi connectivity index (χ4v) is 3.06. The van der Waals surface area contributed by atoms with Crippen LogP contribution in [0.5, 0.6) is 5.88 Å². The molecular formula is C19H21F2N5O4. The van der Waals surface area contributed by atoms with E-state index in [-0.39, 0.29) is 23.0 Å². The van der Waals surface area contributed by atoms with Gasteiger partial charge in [-0.15, -0.1) is 5.10 Å². The second-order valence-electron chi connectivity index (χ2n) is 7.13. The number of amides is 2. The monoisotopic (exact) mass is 421 g/mol. The smallest absolute Gasteiger partial charge is 0.320 e. The van der Waals surface area contributed by atoms with Crippen molar-refractivity contribution in [2.24, 2.45) is 0 Å². The van der Waals surface area contributed by atoms with Gasteiger partial charge >= 0.3 is 6.03 Å². The van der Waals surface area contributed by atoms with Crippen molar-refractivity contribution in [3.8, 4) is 5.88 Å². The first-order chi connectivity index (χ1) is 14.1. The summed E-state index contributed by atoms with van der Waals surface area (Å²) in [5.41, 5.74) is -0.616. The molecule has 0 spiro atoms. The number of aromatic amines is 1. The van der Waals surface area contributed by atoms with Crippen LogP contribution >= 0.6 is 0 Å². The SMILES string of the molecule is COc1n[nH]c2cc(NC(=O)NC(c3ccc(F)c(F)c3)C(C)(C)O)nc(CO)c12. The molecule has 3 rings (SSSR count). The van der Waals surface area contributed by atoms with Crippen molar-refractivity contribution in [3.63, 3.8) is 0 Å². The lowest BCUT2D eigenvalue weighted by Crippen LogP contribution is -2.44. The van der Waals surface area contributed by atoms with Gasteiger partial charge in [-0.25, -0.2) is 18.6 Å². The van der Waals surface area contributed by atoms with Gasteiger partial charge in [0.1, 0.15) is 5.82 Å². The summed E-state index contributed by atoms with van der Waals surface area (Å²) < 4.78 is 32.0. The largest absolute Gasteiger partial charge is 0.479 e. The number of hydrogen-bond donors (Lipinski definition) is 5. The molecule has 0 saturated carbocycles. The molecule has 0 radical (unpaired) electrons. The maximum Gasteiger partial charge on any atom is 0.320 e. The maximum absolute atomic E-state index is 13.6. The van der Waals surface area contributed by atoms with Crippen molar-refractivity contribution >= 4 is 22.8 Å². The topological polar surface area (TPSA) is 132 Å². The van der Waals surface area contributed by atoms with Crippen LogP contribution in [0.1, 0.15) is 31.1 Å². The Labute approximate surface area is 170 Å². The van der Waals surface area contributed by atoms with Gasteiger partial charge < -0.3 is 20.3 Å². The Hall–Kier alpha value is -3.31. The van der Waals surface area contributed by atoms with Crippen LogP contribution in [0.15, 0.2) is 24.3 Å². The highest BCUT2D eigenvalue weighted by Crippen LogP contribution is 2.29. The Balaban J connectivity index is 1.86. The number of carbonyl (C=O) groups excluding carboxylic acids is 1. The van der Waals surface area contributed by atoms with Crippen molar-refractivity contribution in [2.75, 3.05) is 12.4 Å². The van der Waals surface area contributed by atoms with E-state index in [1.54, 1.807) is 0 Å². The number of carbonyl (C=O) groups is 1. The standard InChI is InChI=1S/C19H21F2N5O4/c1-19(2,29)16(9-4-5-10(20)11(21)6-9)24-18(28)23-14-7-12-15(13(8-27)22-14)17(30-3)26-25-12/h4-7,16,27,29H,8H2,1-3H3,(H,25,26)(H2,22,23,24,28).